The molecule has 0 amide bonds. The zero-order valence-electron chi connectivity index (χ0n) is 11.5. The minimum atomic E-state index is 0.291. The summed E-state index contributed by atoms with van der Waals surface area (Å²) in [7, 11) is 0. The van der Waals surface area contributed by atoms with Gasteiger partial charge in [-0.25, -0.2) is 0 Å². The molecule has 0 saturated carbocycles. The summed E-state index contributed by atoms with van der Waals surface area (Å²) in [5.41, 5.74) is 1.12. The number of hydrogen-bond acceptors (Lipinski definition) is 5. The van der Waals surface area contributed by atoms with Crippen molar-refractivity contribution in [3.63, 3.8) is 0 Å². The number of nitrogens with zero attached hydrogens (tertiary/aromatic N) is 2. The van der Waals surface area contributed by atoms with E-state index in [1.165, 1.54) is 0 Å². The molecule has 0 fully saturated rings. The highest BCUT2D eigenvalue weighted by Crippen LogP contribution is 2.19. The first-order valence-electron chi connectivity index (χ1n) is 6.38. The number of rotatable bonds is 6. The molecule has 5 heteroatoms. The summed E-state index contributed by atoms with van der Waals surface area (Å²) in [6.45, 7) is 7.06. The molecule has 19 heavy (non-hydrogen) atoms. The summed E-state index contributed by atoms with van der Waals surface area (Å²) < 4.78 is 11.0. The number of para-hydroxylation sites is 1. The number of benzene rings is 1. The number of aromatic nitrogens is 2. The summed E-state index contributed by atoms with van der Waals surface area (Å²) in [4.78, 5) is 0. The van der Waals surface area contributed by atoms with Crippen molar-refractivity contribution in [2.45, 2.75) is 40.0 Å². The van der Waals surface area contributed by atoms with Gasteiger partial charge in [-0.15, -0.1) is 10.2 Å². The van der Waals surface area contributed by atoms with Crippen LogP contribution >= 0.6 is 0 Å². The van der Waals surface area contributed by atoms with Crippen molar-refractivity contribution in [1.29, 1.82) is 0 Å². The van der Waals surface area contributed by atoms with Gasteiger partial charge in [-0.2, -0.15) is 0 Å². The Morgan fingerprint density at radius 1 is 1.26 bits per heavy atom. The summed E-state index contributed by atoms with van der Waals surface area (Å²) in [5.74, 6) is 1.88. The molecule has 0 aliphatic rings. The predicted molar refractivity (Wildman–Crippen MR) is 71.8 cm³/mol. The molecule has 0 aliphatic carbocycles. The van der Waals surface area contributed by atoms with Crippen molar-refractivity contribution < 1.29 is 9.15 Å². The van der Waals surface area contributed by atoms with Gasteiger partial charge in [0.15, 0.2) is 6.61 Å². The van der Waals surface area contributed by atoms with Gasteiger partial charge in [0.2, 0.25) is 5.89 Å². The van der Waals surface area contributed by atoms with E-state index in [1.54, 1.807) is 6.92 Å². The van der Waals surface area contributed by atoms with E-state index in [-0.39, 0.29) is 0 Å². The molecule has 1 N–H and O–H groups in total. The van der Waals surface area contributed by atoms with Crippen molar-refractivity contribution in [2.75, 3.05) is 0 Å². The fourth-order valence-electron chi connectivity index (χ4n) is 1.64. The molecule has 0 radical (unpaired) electrons. The highest BCUT2D eigenvalue weighted by Gasteiger charge is 2.07. The zero-order chi connectivity index (χ0) is 13.7. The lowest BCUT2D eigenvalue weighted by Gasteiger charge is -2.12. The first-order chi connectivity index (χ1) is 9.15. The zero-order valence-corrected chi connectivity index (χ0v) is 11.5. The Balaban J connectivity index is 1.99. The van der Waals surface area contributed by atoms with Gasteiger partial charge in [0.1, 0.15) is 5.75 Å². The lowest BCUT2D eigenvalue weighted by molar-refractivity contribution is 0.257. The van der Waals surface area contributed by atoms with Gasteiger partial charge in [0.05, 0.1) is 0 Å². The minimum absolute atomic E-state index is 0.291. The fraction of sp³-hybridized carbons (Fsp3) is 0.429. The van der Waals surface area contributed by atoms with Gasteiger partial charge in [-0.1, -0.05) is 32.0 Å². The first-order valence-corrected chi connectivity index (χ1v) is 6.38. The standard InChI is InChI=1S/C14H19N3O2/c1-10(2)15-8-12-6-4-5-7-13(12)18-9-14-17-16-11(3)19-14/h4-7,10,15H,8-9H2,1-3H3. The fourth-order valence-corrected chi connectivity index (χ4v) is 1.64. The van der Waals surface area contributed by atoms with Crippen molar-refractivity contribution in [3.05, 3.63) is 41.6 Å². The average Bonchev–Trinajstić information content (AvgIpc) is 2.80. The average molecular weight is 261 g/mol. The lowest BCUT2D eigenvalue weighted by atomic mass is 10.2. The molecule has 0 aliphatic heterocycles. The molecule has 2 aromatic rings. The number of nitrogens with one attached hydrogen (secondary N) is 1. The van der Waals surface area contributed by atoms with E-state index < -0.39 is 0 Å². The van der Waals surface area contributed by atoms with E-state index in [2.05, 4.69) is 29.4 Å². The topological polar surface area (TPSA) is 60.2 Å². The number of hydrogen-bond donors (Lipinski definition) is 1. The van der Waals surface area contributed by atoms with Crippen molar-refractivity contribution in [3.8, 4) is 5.75 Å². The third-order valence-electron chi connectivity index (χ3n) is 2.59. The monoisotopic (exact) mass is 261 g/mol. The van der Waals surface area contributed by atoms with E-state index in [1.807, 2.05) is 24.3 Å². The van der Waals surface area contributed by atoms with Gasteiger partial charge in [0, 0.05) is 25.1 Å². The molecule has 5 nitrogen and oxygen atoms in total. The van der Waals surface area contributed by atoms with Crippen LogP contribution in [-0.2, 0) is 13.2 Å². The number of ether oxygens (including phenoxy) is 1. The van der Waals surface area contributed by atoms with E-state index in [0.717, 1.165) is 17.9 Å². The van der Waals surface area contributed by atoms with Gasteiger partial charge in [-0.3, -0.25) is 0 Å². The molecule has 102 valence electrons. The van der Waals surface area contributed by atoms with Crippen LogP contribution in [0.5, 0.6) is 5.75 Å². The van der Waals surface area contributed by atoms with Crippen LogP contribution in [0.15, 0.2) is 28.7 Å². The van der Waals surface area contributed by atoms with Crippen LogP contribution in [0.1, 0.15) is 31.2 Å². The van der Waals surface area contributed by atoms with E-state index in [4.69, 9.17) is 9.15 Å². The molecule has 1 aromatic carbocycles. The van der Waals surface area contributed by atoms with E-state index in [9.17, 15) is 0 Å². The minimum Gasteiger partial charge on any atom is -0.483 e. The second-order valence-corrected chi connectivity index (χ2v) is 4.65. The van der Waals surface area contributed by atoms with Crippen LogP contribution in [0.3, 0.4) is 0 Å². The SMILES string of the molecule is Cc1nnc(COc2ccccc2CNC(C)C)o1. The summed E-state index contributed by atoms with van der Waals surface area (Å²) in [6.07, 6.45) is 0. The molecule has 0 bridgehead atoms. The van der Waals surface area contributed by atoms with Crippen LogP contribution in [0, 0.1) is 6.92 Å². The largest absolute Gasteiger partial charge is 0.483 e. The van der Waals surface area contributed by atoms with Crippen LogP contribution in [-0.4, -0.2) is 16.2 Å². The quantitative estimate of drug-likeness (QED) is 0.865. The van der Waals surface area contributed by atoms with E-state index in [0.29, 0.717) is 24.4 Å². The van der Waals surface area contributed by atoms with Crippen LogP contribution in [0.25, 0.3) is 0 Å². The second kappa shape index (κ2) is 6.33. The maximum Gasteiger partial charge on any atom is 0.253 e. The molecule has 2 rings (SSSR count). The van der Waals surface area contributed by atoms with Gasteiger partial charge in [-0.05, 0) is 6.07 Å². The molecule has 1 aromatic heterocycles. The maximum absolute atomic E-state index is 5.73. The van der Waals surface area contributed by atoms with Crippen LogP contribution in [0.4, 0.5) is 0 Å². The van der Waals surface area contributed by atoms with Gasteiger partial charge < -0.3 is 14.5 Å². The highest BCUT2D eigenvalue weighted by molar-refractivity contribution is 5.33. The van der Waals surface area contributed by atoms with Gasteiger partial charge in [0.25, 0.3) is 5.89 Å². The van der Waals surface area contributed by atoms with Gasteiger partial charge >= 0.3 is 0 Å². The van der Waals surface area contributed by atoms with E-state index >= 15 is 0 Å². The Bertz CT molecular complexity index is 523. The second-order valence-electron chi connectivity index (χ2n) is 4.65. The molecule has 0 atom stereocenters. The smallest absolute Gasteiger partial charge is 0.253 e. The molecular formula is C14H19N3O2. The van der Waals surface area contributed by atoms with Crippen molar-refractivity contribution >= 4 is 0 Å². The Kier molecular flexibility index (Phi) is 4.52. The Morgan fingerprint density at radius 2 is 2.05 bits per heavy atom. The predicted octanol–water partition coefficient (Wildman–Crippen LogP) is 2.46. The first kappa shape index (κ1) is 13.5. The van der Waals surface area contributed by atoms with Crippen molar-refractivity contribution in [2.24, 2.45) is 0 Å². The summed E-state index contributed by atoms with van der Waals surface area (Å²) in [6, 6.07) is 8.38. The third kappa shape index (κ3) is 4.06. The van der Waals surface area contributed by atoms with Crippen LogP contribution in [0.2, 0.25) is 0 Å². The molecule has 0 unspecified atom stereocenters. The lowest BCUT2D eigenvalue weighted by Crippen LogP contribution is -2.22. The normalized spacial score (nSPS) is 10.9. The Hall–Kier alpha value is -1.88. The Morgan fingerprint density at radius 3 is 2.74 bits per heavy atom. The molecule has 1 heterocycles. The number of aryl methyl sites for hydroxylation is 1. The molecule has 0 saturated heterocycles. The molecular weight excluding hydrogens is 242 g/mol. The van der Waals surface area contributed by atoms with Crippen LogP contribution < -0.4 is 10.1 Å². The third-order valence-corrected chi connectivity index (χ3v) is 2.59. The summed E-state index contributed by atoms with van der Waals surface area (Å²) >= 11 is 0. The Labute approximate surface area is 113 Å². The summed E-state index contributed by atoms with van der Waals surface area (Å²) in [5, 5.41) is 11.1. The maximum atomic E-state index is 5.73. The highest BCUT2D eigenvalue weighted by atomic mass is 16.5. The molecule has 0 spiro atoms. The van der Waals surface area contributed by atoms with Crippen molar-refractivity contribution in [1.82, 2.24) is 15.5 Å².